The molecule has 0 aliphatic carbocycles. The maximum atomic E-state index is 12.8. The fourth-order valence-electron chi connectivity index (χ4n) is 1.77. The Balaban J connectivity index is 2.29. The number of aliphatic hydroxyl groups excluding tert-OH is 2. The van der Waals surface area contributed by atoms with Crippen LogP contribution in [0.2, 0.25) is 0 Å². The highest BCUT2D eigenvalue weighted by molar-refractivity contribution is 5.59. The van der Waals surface area contributed by atoms with Gasteiger partial charge >= 0.3 is 6.18 Å². The Kier molecular flexibility index (Phi) is 4.29. The van der Waals surface area contributed by atoms with E-state index in [-0.39, 0.29) is 11.4 Å². The van der Waals surface area contributed by atoms with Crippen molar-refractivity contribution in [2.24, 2.45) is 0 Å². The van der Waals surface area contributed by atoms with Gasteiger partial charge < -0.3 is 10.2 Å². The number of alkyl halides is 3. The van der Waals surface area contributed by atoms with Crippen molar-refractivity contribution in [3.63, 3.8) is 0 Å². The standard InChI is InChI=1S/C13H12F4N2O2/c14-9-3-1-8(2-4-9)11-5-10(7-20)19(18-11)6-12(21)13(15,16)17/h1-5,12,20-21H,6-7H2. The van der Waals surface area contributed by atoms with Crippen molar-refractivity contribution < 1.29 is 27.8 Å². The van der Waals surface area contributed by atoms with E-state index in [1.165, 1.54) is 30.3 Å². The number of benzene rings is 1. The molecule has 0 saturated heterocycles. The molecule has 0 fully saturated rings. The van der Waals surface area contributed by atoms with Crippen molar-refractivity contribution in [1.82, 2.24) is 9.78 Å². The molecule has 1 atom stereocenters. The Bertz CT molecular complexity index is 608. The zero-order valence-corrected chi connectivity index (χ0v) is 10.7. The number of halogens is 4. The van der Waals surface area contributed by atoms with Crippen LogP contribution in [0.3, 0.4) is 0 Å². The Hall–Kier alpha value is -1.93. The summed E-state index contributed by atoms with van der Waals surface area (Å²) in [7, 11) is 0. The van der Waals surface area contributed by atoms with Gasteiger partial charge in [0.1, 0.15) is 5.82 Å². The van der Waals surface area contributed by atoms with E-state index in [2.05, 4.69) is 5.10 Å². The molecule has 2 aromatic rings. The molecule has 0 aliphatic heterocycles. The van der Waals surface area contributed by atoms with Gasteiger partial charge in [0.25, 0.3) is 0 Å². The molecule has 0 bridgehead atoms. The summed E-state index contributed by atoms with van der Waals surface area (Å²) in [6.45, 7) is -1.35. The Morgan fingerprint density at radius 2 is 1.81 bits per heavy atom. The van der Waals surface area contributed by atoms with Crippen LogP contribution in [0.1, 0.15) is 5.69 Å². The molecule has 114 valence electrons. The Morgan fingerprint density at radius 3 is 2.33 bits per heavy atom. The maximum Gasteiger partial charge on any atom is 0.416 e. The van der Waals surface area contributed by atoms with Crippen LogP contribution in [-0.2, 0) is 13.2 Å². The molecule has 0 aliphatic rings. The number of nitrogens with zero attached hydrogens (tertiary/aromatic N) is 2. The minimum absolute atomic E-state index is 0.123. The second-order valence-electron chi connectivity index (χ2n) is 4.43. The lowest BCUT2D eigenvalue weighted by molar-refractivity contribution is -0.208. The van der Waals surface area contributed by atoms with Gasteiger partial charge in [-0.2, -0.15) is 18.3 Å². The lowest BCUT2D eigenvalue weighted by Gasteiger charge is -2.15. The maximum absolute atomic E-state index is 12.8. The van der Waals surface area contributed by atoms with Gasteiger partial charge in [-0.05, 0) is 30.3 Å². The predicted molar refractivity (Wildman–Crippen MR) is 65.6 cm³/mol. The Labute approximate surface area is 117 Å². The highest BCUT2D eigenvalue weighted by Gasteiger charge is 2.38. The largest absolute Gasteiger partial charge is 0.416 e. The minimum Gasteiger partial charge on any atom is -0.390 e. The van der Waals surface area contributed by atoms with E-state index < -0.39 is 31.2 Å². The summed E-state index contributed by atoms with van der Waals surface area (Å²) in [6.07, 6.45) is -7.35. The molecule has 0 radical (unpaired) electrons. The van der Waals surface area contributed by atoms with E-state index in [1.807, 2.05) is 0 Å². The minimum atomic E-state index is -4.77. The molecule has 0 amide bonds. The number of hydrogen-bond donors (Lipinski definition) is 2. The molecule has 0 spiro atoms. The van der Waals surface area contributed by atoms with Gasteiger partial charge in [-0.1, -0.05) is 0 Å². The van der Waals surface area contributed by atoms with E-state index in [4.69, 9.17) is 10.2 Å². The van der Waals surface area contributed by atoms with Gasteiger partial charge in [0.05, 0.1) is 24.5 Å². The summed E-state index contributed by atoms with van der Waals surface area (Å²) in [5.74, 6) is -0.451. The first kappa shape index (κ1) is 15.5. The molecule has 1 unspecified atom stereocenters. The van der Waals surface area contributed by atoms with Crippen LogP contribution in [0, 0.1) is 5.82 Å². The van der Waals surface area contributed by atoms with Gasteiger partial charge in [-0.15, -0.1) is 0 Å². The van der Waals surface area contributed by atoms with E-state index in [9.17, 15) is 17.6 Å². The SMILES string of the molecule is OCc1cc(-c2ccc(F)cc2)nn1CC(O)C(F)(F)F. The summed E-state index contributed by atoms with van der Waals surface area (Å²) in [5.41, 5.74) is 0.900. The summed E-state index contributed by atoms with van der Waals surface area (Å²) in [6, 6.07) is 6.61. The molecule has 8 heteroatoms. The quantitative estimate of drug-likeness (QED) is 0.851. The van der Waals surface area contributed by atoms with Gasteiger partial charge in [-0.25, -0.2) is 4.39 Å². The molecular weight excluding hydrogens is 292 g/mol. The van der Waals surface area contributed by atoms with Crippen LogP contribution in [-0.4, -0.2) is 32.3 Å². The monoisotopic (exact) mass is 304 g/mol. The van der Waals surface area contributed by atoms with Crippen LogP contribution < -0.4 is 0 Å². The molecular formula is C13H12F4N2O2. The molecule has 2 rings (SSSR count). The van der Waals surface area contributed by atoms with Crippen LogP contribution in [0.15, 0.2) is 30.3 Å². The molecule has 1 aromatic carbocycles. The predicted octanol–water partition coefficient (Wildman–Crippen LogP) is 2.10. The highest BCUT2D eigenvalue weighted by atomic mass is 19.4. The molecule has 1 aromatic heterocycles. The highest BCUT2D eigenvalue weighted by Crippen LogP contribution is 2.24. The fourth-order valence-corrected chi connectivity index (χ4v) is 1.77. The number of rotatable bonds is 4. The summed E-state index contributed by atoms with van der Waals surface area (Å²) < 4.78 is 50.8. The van der Waals surface area contributed by atoms with Crippen LogP contribution in [0.25, 0.3) is 11.3 Å². The summed E-state index contributed by atoms with van der Waals surface area (Å²) >= 11 is 0. The van der Waals surface area contributed by atoms with Crippen molar-refractivity contribution in [2.45, 2.75) is 25.4 Å². The van der Waals surface area contributed by atoms with Gasteiger partial charge in [0.15, 0.2) is 6.10 Å². The zero-order valence-electron chi connectivity index (χ0n) is 10.7. The third kappa shape index (κ3) is 3.59. The number of aromatic nitrogens is 2. The average Bonchev–Trinajstić information content (AvgIpc) is 2.81. The summed E-state index contributed by atoms with van der Waals surface area (Å²) in [4.78, 5) is 0. The average molecular weight is 304 g/mol. The number of hydrogen-bond acceptors (Lipinski definition) is 3. The normalized spacial score (nSPS) is 13.4. The lowest BCUT2D eigenvalue weighted by Crippen LogP contribution is -2.33. The van der Waals surface area contributed by atoms with E-state index >= 15 is 0 Å². The van der Waals surface area contributed by atoms with E-state index in [0.717, 1.165) is 4.68 Å². The molecule has 2 N–H and O–H groups in total. The second-order valence-corrected chi connectivity index (χ2v) is 4.43. The van der Waals surface area contributed by atoms with E-state index in [0.29, 0.717) is 5.56 Å². The zero-order chi connectivity index (χ0) is 15.6. The van der Waals surface area contributed by atoms with Crippen LogP contribution in [0.5, 0.6) is 0 Å². The first-order valence-corrected chi connectivity index (χ1v) is 5.99. The third-order valence-electron chi connectivity index (χ3n) is 2.89. The molecule has 1 heterocycles. The van der Waals surface area contributed by atoms with Crippen molar-refractivity contribution in [2.75, 3.05) is 0 Å². The van der Waals surface area contributed by atoms with Gasteiger partial charge in [0, 0.05) is 5.56 Å². The fraction of sp³-hybridized carbons (Fsp3) is 0.308. The Morgan fingerprint density at radius 1 is 1.19 bits per heavy atom. The first-order valence-electron chi connectivity index (χ1n) is 5.99. The smallest absolute Gasteiger partial charge is 0.390 e. The number of aliphatic hydroxyl groups is 2. The topological polar surface area (TPSA) is 58.3 Å². The van der Waals surface area contributed by atoms with Gasteiger partial charge in [-0.3, -0.25) is 4.68 Å². The second kappa shape index (κ2) is 5.82. The molecule has 21 heavy (non-hydrogen) atoms. The van der Waals surface area contributed by atoms with Crippen molar-refractivity contribution in [1.29, 1.82) is 0 Å². The van der Waals surface area contributed by atoms with Crippen LogP contribution >= 0.6 is 0 Å². The van der Waals surface area contributed by atoms with E-state index in [1.54, 1.807) is 0 Å². The van der Waals surface area contributed by atoms with Crippen molar-refractivity contribution >= 4 is 0 Å². The third-order valence-corrected chi connectivity index (χ3v) is 2.89. The summed E-state index contributed by atoms with van der Waals surface area (Å²) in [5, 5.41) is 22.1. The molecule has 0 saturated carbocycles. The van der Waals surface area contributed by atoms with Crippen molar-refractivity contribution in [3.8, 4) is 11.3 Å². The lowest BCUT2D eigenvalue weighted by atomic mass is 10.1. The van der Waals surface area contributed by atoms with Crippen LogP contribution in [0.4, 0.5) is 17.6 Å². The van der Waals surface area contributed by atoms with Crippen molar-refractivity contribution in [3.05, 3.63) is 41.8 Å². The van der Waals surface area contributed by atoms with Gasteiger partial charge in [0.2, 0.25) is 0 Å². The molecule has 4 nitrogen and oxygen atoms in total. The first-order chi connectivity index (χ1) is 9.81.